The molecular formula is C8H15NO. The summed E-state index contributed by atoms with van der Waals surface area (Å²) < 4.78 is 5.64. The molecule has 0 N–H and O–H groups in total. The molecule has 0 spiro atoms. The highest BCUT2D eigenvalue weighted by Crippen LogP contribution is 2.31. The van der Waals surface area contributed by atoms with E-state index in [1.54, 1.807) is 0 Å². The van der Waals surface area contributed by atoms with Gasteiger partial charge in [-0.3, -0.25) is 4.90 Å². The Kier molecular flexibility index (Phi) is 1.66. The van der Waals surface area contributed by atoms with Crippen LogP contribution in [0.2, 0.25) is 0 Å². The molecule has 0 aromatic heterocycles. The maximum absolute atomic E-state index is 5.64. The van der Waals surface area contributed by atoms with Gasteiger partial charge in [0.1, 0.15) is 0 Å². The van der Waals surface area contributed by atoms with E-state index >= 15 is 0 Å². The molecule has 1 saturated carbocycles. The quantitative estimate of drug-likeness (QED) is 0.500. The van der Waals surface area contributed by atoms with Crippen molar-refractivity contribution in [1.29, 1.82) is 0 Å². The van der Waals surface area contributed by atoms with Crippen LogP contribution < -0.4 is 0 Å². The lowest BCUT2D eigenvalue weighted by atomic mass is 10.0. The van der Waals surface area contributed by atoms with Crippen molar-refractivity contribution >= 4 is 0 Å². The molecule has 2 aliphatic rings. The van der Waals surface area contributed by atoms with Gasteiger partial charge in [-0.1, -0.05) is 6.42 Å². The molecular weight excluding hydrogens is 126 g/mol. The van der Waals surface area contributed by atoms with E-state index in [0.717, 1.165) is 12.6 Å². The van der Waals surface area contributed by atoms with Crippen molar-refractivity contribution < 1.29 is 4.74 Å². The molecule has 1 heterocycles. The van der Waals surface area contributed by atoms with Gasteiger partial charge in [-0.2, -0.15) is 0 Å². The van der Waals surface area contributed by atoms with Gasteiger partial charge in [0.25, 0.3) is 0 Å². The van der Waals surface area contributed by atoms with Gasteiger partial charge in [0.15, 0.2) is 0 Å². The first-order chi connectivity index (χ1) is 4.86. The second kappa shape index (κ2) is 2.51. The van der Waals surface area contributed by atoms with Gasteiger partial charge in [0.2, 0.25) is 0 Å². The Bertz CT molecular complexity index is 126. The monoisotopic (exact) mass is 141 g/mol. The summed E-state index contributed by atoms with van der Waals surface area (Å²) in [6.07, 6.45) is 4.67. The zero-order chi connectivity index (χ0) is 6.97. The first kappa shape index (κ1) is 6.62. The van der Waals surface area contributed by atoms with Crippen LogP contribution in [0.4, 0.5) is 0 Å². The molecule has 1 aliphatic carbocycles. The molecule has 10 heavy (non-hydrogen) atoms. The summed E-state index contributed by atoms with van der Waals surface area (Å²) in [6, 6.07) is 0. The standard InChI is InChI=1S/C8H15NO/c1-9-5-7-3-2-4-8(7)10-6-9/h7-8H,2-6H2,1H3/t7-,8-/m0/s1. The van der Waals surface area contributed by atoms with E-state index in [0.29, 0.717) is 6.10 Å². The first-order valence-electron chi connectivity index (χ1n) is 4.16. The molecule has 2 nitrogen and oxygen atoms in total. The molecule has 2 atom stereocenters. The third-order valence-corrected chi connectivity index (χ3v) is 2.64. The molecule has 0 unspecified atom stereocenters. The summed E-state index contributed by atoms with van der Waals surface area (Å²) in [6.45, 7) is 2.10. The number of ether oxygens (including phenoxy) is 1. The van der Waals surface area contributed by atoms with Crippen LogP contribution in [-0.2, 0) is 4.74 Å². The fraction of sp³-hybridized carbons (Fsp3) is 1.00. The van der Waals surface area contributed by atoms with Crippen molar-refractivity contribution in [2.24, 2.45) is 5.92 Å². The van der Waals surface area contributed by atoms with Crippen molar-refractivity contribution in [3.63, 3.8) is 0 Å². The first-order valence-corrected chi connectivity index (χ1v) is 4.16. The van der Waals surface area contributed by atoms with E-state index in [2.05, 4.69) is 11.9 Å². The average Bonchev–Trinajstić information content (AvgIpc) is 2.33. The van der Waals surface area contributed by atoms with Crippen LogP contribution in [0, 0.1) is 5.92 Å². The Balaban J connectivity index is 1.96. The van der Waals surface area contributed by atoms with Gasteiger partial charge >= 0.3 is 0 Å². The van der Waals surface area contributed by atoms with Gasteiger partial charge in [-0.15, -0.1) is 0 Å². The Morgan fingerprint density at radius 2 is 2.30 bits per heavy atom. The zero-order valence-electron chi connectivity index (χ0n) is 6.55. The predicted octanol–water partition coefficient (Wildman–Crippen LogP) is 1.07. The van der Waals surface area contributed by atoms with Crippen LogP contribution in [-0.4, -0.2) is 31.3 Å². The number of hydrogen-bond donors (Lipinski definition) is 0. The summed E-state index contributed by atoms with van der Waals surface area (Å²) in [4.78, 5) is 2.27. The molecule has 0 aromatic rings. The molecule has 1 aliphatic heterocycles. The molecule has 2 rings (SSSR count). The summed E-state index contributed by atoms with van der Waals surface area (Å²) in [5, 5.41) is 0. The average molecular weight is 141 g/mol. The lowest BCUT2D eigenvalue weighted by Crippen LogP contribution is -2.40. The second-order valence-electron chi connectivity index (χ2n) is 3.56. The van der Waals surface area contributed by atoms with E-state index in [1.807, 2.05) is 0 Å². The number of nitrogens with zero attached hydrogens (tertiary/aromatic N) is 1. The Labute approximate surface area is 62.2 Å². The summed E-state index contributed by atoms with van der Waals surface area (Å²) >= 11 is 0. The van der Waals surface area contributed by atoms with E-state index in [9.17, 15) is 0 Å². The van der Waals surface area contributed by atoms with Crippen LogP contribution >= 0.6 is 0 Å². The maximum atomic E-state index is 5.64. The summed E-state index contributed by atoms with van der Waals surface area (Å²) in [5.74, 6) is 0.846. The minimum Gasteiger partial charge on any atom is -0.363 e. The van der Waals surface area contributed by atoms with Crippen LogP contribution in [0.5, 0.6) is 0 Å². The molecule has 0 aromatic carbocycles. The number of hydrogen-bond acceptors (Lipinski definition) is 2. The zero-order valence-corrected chi connectivity index (χ0v) is 6.55. The van der Waals surface area contributed by atoms with Gasteiger partial charge in [0, 0.05) is 6.54 Å². The molecule has 0 bridgehead atoms. The minimum absolute atomic E-state index is 0.608. The lowest BCUT2D eigenvalue weighted by Gasteiger charge is -2.32. The normalized spacial score (nSPS) is 41.7. The summed E-state index contributed by atoms with van der Waals surface area (Å²) in [7, 11) is 2.13. The van der Waals surface area contributed by atoms with Crippen molar-refractivity contribution in [2.45, 2.75) is 25.4 Å². The molecule has 2 fully saturated rings. The molecule has 0 radical (unpaired) electrons. The second-order valence-corrected chi connectivity index (χ2v) is 3.56. The topological polar surface area (TPSA) is 12.5 Å². The van der Waals surface area contributed by atoms with Crippen molar-refractivity contribution in [3.8, 4) is 0 Å². The molecule has 0 amide bonds. The van der Waals surface area contributed by atoms with Crippen LogP contribution in [0.3, 0.4) is 0 Å². The van der Waals surface area contributed by atoms with Gasteiger partial charge < -0.3 is 4.74 Å². The maximum Gasteiger partial charge on any atom is 0.0991 e. The van der Waals surface area contributed by atoms with Gasteiger partial charge in [-0.25, -0.2) is 0 Å². The van der Waals surface area contributed by atoms with Crippen LogP contribution in [0.1, 0.15) is 19.3 Å². The summed E-state index contributed by atoms with van der Waals surface area (Å²) in [5.41, 5.74) is 0. The van der Waals surface area contributed by atoms with Crippen molar-refractivity contribution in [3.05, 3.63) is 0 Å². The smallest absolute Gasteiger partial charge is 0.0991 e. The van der Waals surface area contributed by atoms with Crippen LogP contribution in [0.25, 0.3) is 0 Å². The predicted molar refractivity (Wildman–Crippen MR) is 39.7 cm³/mol. The third-order valence-electron chi connectivity index (χ3n) is 2.64. The van der Waals surface area contributed by atoms with E-state index in [4.69, 9.17) is 4.74 Å². The number of fused-ring (bicyclic) bond motifs is 1. The molecule has 1 saturated heterocycles. The Morgan fingerprint density at radius 3 is 3.20 bits per heavy atom. The Morgan fingerprint density at radius 1 is 1.40 bits per heavy atom. The van der Waals surface area contributed by atoms with E-state index < -0.39 is 0 Å². The highest BCUT2D eigenvalue weighted by molar-refractivity contribution is 4.82. The fourth-order valence-electron chi connectivity index (χ4n) is 2.11. The Hall–Kier alpha value is -0.0800. The van der Waals surface area contributed by atoms with Gasteiger partial charge in [-0.05, 0) is 25.8 Å². The molecule has 58 valence electrons. The third kappa shape index (κ3) is 1.06. The van der Waals surface area contributed by atoms with Gasteiger partial charge in [0.05, 0.1) is 12.8 Å². The van der Waals surface area contributed by atoms with Crippen LogP contribution in [0.15, 0.2) is 0 Å². The highest BCUT2D eigenvalue weighted by Gasteiger charge is 2.32. The molecule has 2 heteroatoms. The van der Waals surface area contributed by atoms with Crippen molar-refractivity contribution in [2.75, 3.05) is 20.3 Å². The SMILES string of the molecule is CN1CO[C@H]2CCC[C@H]2C1. The number of rotatable bonds is 0. The lowest BCUT2D eigenvalue weighted by molar-refractivity contribution is -0.0801. The minimum atomic E-state index is 0.608. The van der Waals surface area contributed by atoms with Crippen molar-refractivity contribution in [1.82, 2.24) is 4.90 Å². The largest absolute Gasteiger partial charge is 0.363 e. The van der Waals surface area contributed by atoms with E-state index in [1.165, 1.54) is 25.8 Å². The highest BCUT2D eigenvalue weighted by atomic mass is 16.5. The fourth-order valence-corrected chi connectivity index (χ4v) is 2.11. The van der Waals surface area contributed by atoms with E-state index in [-0.39, 0.29) is 0 Å².